The van der Waals surface area contributed by atoms with Gasteiger partial charge in [-0.1, -0.05) is 40.7 Å². The van der Waals surface area contributed by atoms with Crippen LogP contribution in [0.4, 0.5) is 0 Å². The number of aromatic carboxylic acids is 1. The van der Waals surface area contributed by atoms with E-state index in [1.54, 1.807) is 12.1 Å². The molecule has 0 aliphatic carbocycles. The summed E-state index contributed by atoms with van der Waals surface area (Å²) in [7, 11) is -0.380. The van der Waals surface area contributed by atoms with Crippen LogP contribution in [-0.4, -0.2) is 15.5 Å². The predicted octanol–water partition coefficient (Wildman–Crippen LogP) is -3.23. The Labute approximate surface area is 135 Å². The zero-order valence-corrected chi connectivity index (χ0v) is 13.9. The zero-order valence-electron chi connectivity index (χ0n) is 9.41. The van der Waals surface area contributed by atoms with Gasteiger partial charge < -0.3 is 9.90 Å². The molecular formula is C11H13KO2Si. The van der Waals surface area contributed by atoms with E-state index >= 15 is 0 Å². The SMILES string of the molecule is CC=C(C)[SiH2]c1ccc(C(=O)[O-])cc1.[K+]. The van der Waals surface area contributed by atoms with E-state index in [0.29, 0.717) is 0 Å². The molecule has 0 aliphatic heterocycles. The van der Waals surface area contributed by atoms with E-state index in [1.807, 2.05) is 19.1 Å². The van der Waals surface area contributed by atoms with Crippen molar-refractivity contribution in [3.63, 3.8) is 0 Å². The normalized spacial score (nSPS) is 11.5. The van der Waals surface area contributed by atoms with Crippen molar-refractivity contribution in [1.82, 2.24) is 0 Å². The van der Waals surface area contributed by atoms with Crippen LogP contribution >= 0.6 is 0 Å². The van der Waals surface area contributed by atoms with Crippen LogP contribution in [0, 0.1) is 0 Å². The molecule has 0 spiro atoms. The Morgan fingerprint density at radius 1 is 1.33 bits per heavy atom. The Hall–Kier alpha value is 0.283. The molecule has 0 bridgehead atoms. The van der Waals surface area contributed by atoms with Crippen molar-refractivity contribution >= 4 is 20.7 Å². The molecule has 0 unspecified atom stereocenters. The number of benzene rings is 1. The Balaban J connectivity index is 0.00000196. The summed E-state index contributed by atoms with van der Waals surface area (Å²) >= 11 is 0. The van der Waals surface area contributed by atoms with Gasteiger partial charge in [0.2, 0.25) is 0 Å². The molecule has 0 radical (unpaired) electrons. The molecule has 1 aromatic carbocycles. The van der Waals surface area contributed by atoms with Gasteiger partial charge in [0.1, 0.15) is 0 Å². The van der Waals surface area contributed by atoms with Crippen LogP contribution in [0.5, 0.6) is 0 Å². The monoisotopic (exact) mass is 244 g/mol. The maximum atomic E-state index is 10.5. The van der Waals surface area contributed by atoms with Gasteiger partial charge in [-0.3, -0.25) is 0 Å². The molecule has 74 valence electrons. The van der Waals surface area contributed by atoms with E-state index in [0.717, 1.165) is 0 Å². The van der Waals surface area contributed by atoms with Crippen molar-refractivity contribution in [1.29, 1.82) is 0 Å². The molecule has 2 nitrogen and oxygen atoms in total. The smallest absolute Gasteiger partial charge is 0.545 e. The quantitative estimate of drug-likeness (QED) is 0.525. The van der Waals surface area contributed by atoms with Gasteiger partial charge in [0.25, 0.3) is 0 Å². The summed E-state index contributed by atoms with van der Waals surface area (Å²) in [6.07, 6.45) is 2.11. The number of carbonyl (C=O) groups is 1. The second-order valence-electron chi connectivity index (χ2n) is 3.30. The number of carboxylic acids is 1. The van der Waals surface area contributed by atoms with Crippen molar-refractivity contribution in [3.8, 4) is 0 Å². The van der Waals surface area contributed by atoms with Crippen LogP contribution < -0.4 is 61.7 Å². The first-order valence-electron chi connectivity index (χ1n) is 4.55. The fourth-order valence-corrected chi connectivity index (χ4v) is 2.50. The second-order valence-corrected chi connectivity index (χ2v) is 5.58. The largest absolute Gasteiger partial charge is 1.00 e. The Morgan fingerprint density at radius 3 is 2.27 bits per heavy atom. The molecule has 15 heavy (non-hydrogen) atoms. The molecule has 0 fully saturated rings. The minimum Gasteiger partial charge on any atom is -0.545 e. The predicted molar refractivity (Wildman–Crippen MR) is 58.4 cm³/mol. The number of hydrogen-bond donors (Lipinski definition) is 0. The molecule has 1 aromatic rings. The van der Waals surface area contributed by atoms with Crippen LogP contribution in [0.1, 0.15) is 24.2 Å². The summed E-state index contributed by atoms with van der Waals surface area (Å²) in [6, 6.07) is 6.98. The van der Waals surface area contributed by atoms with Gasteiger partial charge in [-0.05, 0) is 19.4 Å². The van der Waals surface area contributed by atoms with Crippen LogP contribution in [0.25, 0.3) is 0 Å². The van der Waals surface area contributed by atoms with Gasteiger partial charge in [-0.2, -0.15) is 0 Å². The van der Waals surface area contributed by atoms with Crippen molar-refractivity contribution in [2.75, 3.05) is 0 Å². The number of carboxylic acid groups (broad SMARTS) is 1. The number of hydrogen-bond acceptors (Lipinski definition) is 2. The van der Waals surface area contributed by atoms with E-state index in [1.165, 1.54) is 10.4 Å². The van der Waals surface area contributed by atoms with E-state index in [4.69, 9.17) is 0 Å². The van der Waals surface area contributed by atoms with Crippen molar-refractivity contribution in [3.05, 3.63) is 41.1 Å². The summed E-state index contributed by atoms with van der Waals surface area (Å²) in [6.45, 7) is 4.14. The third-order valence-electron chi connectivity index (χ3n) is 2.17. The van der Waals surface area contributed by atoms with Gasteiger partial charge in [0.15, 0.2) is 0 Å². The number of rotatable bonds is 3. The maximum Gasteiger partial charge on any atom is 1.00 e. The van der Waals surface area contributed by atoms with E-state index in [-0.39, 0.29) is 66.5 Å². The summed E-state index contributed by atoms with van der Waals surface area (Å²) in [5.41, 5.74) is 0.251. The number of allylic oxidation sites excluding steroid dienone is 2. The summed E-state index contributed by atoms with van der Waals surface area (Å²) in [5.74, 6) is -1.11. The third kappa shape index (κ3) is 5.24. The van der Waals surface area contributed by atoms with Crippen molar-refractivity contribution in [2.24, 2.45) is 0 Å². The molecule has 1 rings (SSSR count). The fourth-order valence-electron chi connectivity index (χ4n) is 1.18. The zero-order chi connectivity index (χ0) is 10.6. The van der Waals surface area contributed by atoms with Gasteiger partial charge in [-0.15, -0.1) is 0 Å². The van der Waals surface area contributed by atoms with E-state index < -0.39 is 5.97 Å². The standard InChI is InChI=1S/C11H14O2Si.K/c1-3-8(2)14-10-6-4-9(5-7-10)11(12)13;/h3-7H,14H2,1-2H3,(H,12,13);/q;+1/p-1. The van der Waals surface area contributed by atoms with Gasteiger partial charge >= 0.3 is 51.4 Å². The molecule has 0 saturated carbocycles. The molecule has 0 N–H and O–H groups in total. The summed E-state index contributed by atoms with van der Waals surface area (Å²) < 4.78 is 0. The third-order valence-corrected chi connectivity index (χ3v) is 4.01. The molecule has 0 aromatic heterocycles. The molecular weight excluding hydrogens is 231 g/mol. The minimum atomic E-state index is -1.11. The van der Waals surface area contributed by atoms with Gasteiger partial charge in [0.05, 0.1) is 15.5 Å². The number of carbonyl (C=O) groups excluding carboxylic acids is 1. The first kappa shape index (κ1) is 15.3. The van der Waals surface area contributed by atoms with Gasteiger partial charge in [0, 0.05) is 0 Å². The Bertz CT molecular complexity index is 357. The fraction of sp³-hybridized carbons (Fsp3) is 0.182. The van der Waals surface area contributed by atoms with E-state index in [2.05, 4.69) is 13.0 Å². The van der Waals surface area contributed by atoms with Crippen molar-refractivity contribution in [2.45, 2.75) is 13.8 Å². The first-order valence-corrected chi connectivity index (χ1v) is 5.97. The Kier molecular flexibility index (Phi) is 7.68. The molecule has 0 atom stereocenters. The van der Waals surface area contributed by atoms with E-state index in [9.17, 15) is 9.90 Å². The molecule has 0 heterocycles. The maximum absolute atomic E-state index is 10.5. The summed E-state index contributed by atoms with van der Waals surface area (Å²) in [4.78, 5) is 10.5. The average molecular weight is 244 g/mol. The first-order chi connectivity index (χ1) is 6.63. The van der Waals surface area contributed by atoms with Gasteiger partial charge in [-0.25, -0.2) is 0 Å². The minimum absolute atomic E-state index is 0. The van der Waals surface area contributed by atoms with Crippen LogP contribution in [-0.2, 0) is 0 Å². The summed E-state index contributed by atoms with van der Waals surface area (Å²) in [5, 5.41) is 13.1. The van der Waals surface area contributed by atoms with Crippen LogP contribution in [0.15, 0.2) is 35.5 Å². The Morgan fingerprint density at radius 2 is 1.87 bits per heavy atom. The van der Waals surface area contributed by atoms with Crippen LogP contribution in [0.2, 0.25) is 0 Å². The molecule has 0 amide bonds. The van der Waals surface area contributed by atoms with Crippen LogP contribution in [0.3, 0.4) is 0 Å². The second kappa shape index (κ2) is 7.54. The average Bonchev–Trinajstić information content (AvgIpc) is 2.18. The van der Waals surface area contributed by atoms with Crippen molar-refractivity contribution < 1.29 is 61.3 Å². The topological polar surface area (TPSA) is 40.1 Å². The molecule has 4 heteroatoms. The molecule has 0 aliphatic rings. The molecule has 0 saturated heterocycles.